The predicted molar refractivity (Wildman–Crippen MR) is 78.6 cm³/mol. The van der Waals surface area contributed by atoms with Crippen molar-refractivity contribution in [2.45, 2.75) is 59.4 Å². The highest BCUT2D eigenvalue weighted by atomic mass is 16.5. The fourth-order valence-corrected chi connectivity index (χ4v) is 1.82. The smallest absolute Gasteiger partial charge is 0.315 e. The molecule has 6 heteroatoms. The van der Waals surface area contributed by atoms with Crippen molar-refractivity contribution < 1.29 is 23.9 Å². The minimum atomic E-state index is -0.546. The first kappa shape index (κ1) is 19.4. The molecule has 0 atom stereocenters. The predicted octanol–water partition coefficient (Wildman–Crippen LogP) is 1.91. The van der Waals surface area contributed by atoms with Crippen LogP contribution in [0.4, 0.5) is 0 Å². The number of rotatable bonds is 9. The molecule has 0 saturated carbocycles. The molecule has 122 valence electrons. The van der Waals surface area contributed by atoms with Gasteiger partial charge in [0.1, 0.15) is 6.42 Å². The Morgan fingerprint density at radius 3 is 1.95 bits per heavy atom. The average molecular weight is 301 g/mol. The van der Waals surface area contributed by atoms with Crippen LogP contribution in [0.2, 0.25) is 0 Å². The van der Waals surface area contributed by atoms with E-state index in [0.29, 0.717) is 13.0 Å². The number of carbonyl (C=O) groups is 3. The minimum absolute atomic E-state index is 0.117. The maximum absolute atomic E-state index is 12.3. The van der Waals surface area contributed by atoms with E-state index in [-0.39, 0.29) is 37.9 Å². The molecule has 0 radical (unpaired) electrons. The van der Waals surface area contributed by atoms with Gasteiger partial charge in [-0.15, -0.1) is 0 Å². The normalized spacial score (nSPS) is 10.9. The maximum Gasteiger partial charge on any atom is 0.315 e. The molecule has 0 aromatic heterocycles. The van der Waals surface area contributed by atoms with Crippen LogP contribution in [0, 0.1) is 0 Å². The van der Waals surface area contributed by atoms with E-state index in [9.17, 15) is 14.4 Å². The van der Waals surface area contributed by atoms with Gasteiger partial charge in [0.15, 0.2) is 0 Å². The molecule has 0 unspecified atom stereocenters. The molecule has 0 saturated heterocycles. The second-order valence-electron chi connectivity index (χ2n) is 5.25. The van der Waals surface area contributed by atoms with Crippen LogP contribution in [0.3, 0.4) is 0 Å². The number of amides is 1. The van der Waals surface area contributed by atoms with Crippen molar-refractivity contribution >= 4 is 17.8 Å². The zero-order valence-electron chi connectivity index (χ0n) is 13.7. The van der Waals surface area contributed by atoms with Crippen LogP contribution in [0.1, 0.15) is 53.9 Å². The Morgan fingerprint density at radius 1 is 0.952 bits per heavy atom. The number of nitrogens with zero attached hydrogens (tertiary/aromatic N) is 1. The molecule has 0 fully saturated rings. The lowest BCUT2D eigenvalue weighted by Crippen LogP contribution is -2.49. The zero-order chi connectivity index (χ0) is 16.5. The van der Waals surface area contributed by atoms with Gasteiger partial charge in [-0.3, -0.25) is 14.4 Å². The highest BCUT2D eigenvalue weighted by Crippen LogP contribution is 2.20. The lowest BCUT2D eigenvalue weighted by atomic mass is 9.98. The number of hydrogen-bond acceptors (Lipinski definition) is 5. The second-order valence-corrected chi connectivity index (χ2v) is 5.25. The van der Waals surface area contributed by atoms with Gasteiger partial charge in [-0.1, -0.05) is 6.92 Å². The molecule has 0 heterocycles. The van der Waals surface area contributed by atoms with Crippen molar-refractivity contribution in [1.29, 1.82) is 0 Å². The van der Waals surface area contributed by atoms with Crippen molar-refractivity contribution in [3.63, 3.8) is 0 Å². The lowest BCUT2D eigenvalue weighted by Gasteiger charge is -2.38. The van der Waals surface area contributed by atoms with Crippen molar-refractivity contribution in [3.05, 3.63) is 0 Å². The molecule has 0 aliphatic carbocycles. The van der Waals surface area contributed by atoms with E-state index in [1.54, 1.807) is 18.7 Å². The van der Waals surface area contributed by atoms with Gasteiger partial charge in [0.2, 0.25) is 5.91 Å². The maximum atomic E-state index is 12.3. The second kappa shape index (κ2) is 9.37. The van der Waals surface area contributed by atoms with Crippen LogP contribution in [0.15, 0.2) is 0 Å². The summed E-state index contributed by atoms with van der Waals surface area (Å²) in [4.78, 5) is 36.7. The number of ether oxygens (including phenoxy) is 2. The first-order valence-electron chi connectivity index (χ1n) is 7.40. The van der Waals surface area contributed by atoms with E-state index in [1.165, 1.54) is 0 Å². The van der Waals surface area contributed by atoms with Crippen LogP contribution in [-0.2, 0) is 23.9 Å². The van der Waals surface area contributed by atoms with E-state index in [1.807, 2.05) is 20.8 Å². The molecule has 0 aromatic carbocycles. The molecule has 0 aliphatic heterocycles. The Balaban J connectivity index is 4.78. The average Bonchev–Trinajstić information content (AvgIpc) is 2.39. The van der Waals surface area contributed by atoms with E-state index in [4.69, 9.17) is 9.47 Å². The Hall–Kier alpha value is -1.59. The summed E-state index contributed by atoms with van der Waals surface area (Å²) in [6, 6.07) is 0. The van der Waals surface area contributed by atoms with Gasteiger partial charge >= 0.3 is 11.9 Å². The van der Waals surface area contributed by atoms with Crippen molar-refractivity contribution in [2.75, 3.05) is 19.8 Å². The van der Waals surface area contributed by atoms with Gasteiger partial charge in [0.05, 0.1) is 19.6 Å². The summed E-state index contributed by atoms with van der Waals surface area (Å²) in [7, 11) is 0. The van der Waals surface area contributed by atoms with Crippen LogP contribution in [0.25, 0.3) is 0 Å². The Kier molecular flexibility index (Phi) is 8.66. The molecule has 21 heavy (non-hydrogen) atoms. The summed E-state index contributed by atoms with van der Waals surface area (Å²) in [6.45, 7) is 9.97. The molecule has 0 aliphatic rings. The van der Waals surface area contributed by atoms with Gasteiger partial charge in [0.25, 0.3) is 0 Å². The molecule has 6 nitrogen and oxygen atoms in total. The van der Waals surface area contributed by atoms with Gasteiger partial charge < -0.3 is 14.4 Å². The standard InChI is InChI=1S/C15H27NO5/c1-6-15(4,5)16(10-9-13(18)20-7-2)12(17)11-14(19)21-8-3/h6-11H2,1-5H3. The SMILES string of the molecule is CCOC(=O)CCN(C(=O)CC(=O)OCC)C(C)(C)CC. The van der Waals surface area contributed by atoms with Crippen molar-refractivity contribution in [3.8, 4) is 0 Å². The summed E-state index contributed by atoms with van der Waals surface area (Å²) >= 11 is 0. The lowest BCUT2D eigenvalue weighted by molar-refractivity contribution is -0.151. The number of hydrogen-bond donors (Lipinski definition) is 0. The van der Waals surface area contributed by atoms with Gasteiger partial charge in [0, 0.05) is 12.1 Å². The van der Waals surface area contributed by atoms with Gasteiger partial charge in [-0.2, -0.15) is 0 Å². The van der Waals surface area contributed by atoms with Gasteiger partial charge in [-0.25, -0.2) is 0 Å². The monoisotopic (exact) mass is 301 g/mol. The van der Waals surface area contributed by atoms with Gasteiger partial charge in [-0.05, 0) is 34.1 Å². The fourth-order valence-electron chi connectivity index (χ4n) is 1.82. The van der Waals surface area contributed by atoms with E-state index in [2.05, 4.69) is 0 Å². The third-order valence-corrected chi connectivity index (χ3v) is 3.34. The first-order chi connectivity index (χ1) is 9.78. The molecular formula is C15H27NO5. The highest BCUT2D eigenvalue weighted by Gasteiger charge is 2.30. The summed E-state index contributed by atoms with van der Waals surface area (Å²) in [5.74, 6) is -1.22. The number of carbonyl (C=O) groups excluding carboxylic acids is 3. The minimum Gasteiger partial charge on any atom is -0.466 e. The summed E-state index contributed by atoms with van der Waals surface area (Å²) in [5.41, 5.74) is -0.434. The molecule has 0 aromatic rings. The Labute approximate surface area is 126 Å². The van der Waals surface area contributed by atoms with E-state index < -0.39 is 11.5 Å². The molecule has 1 amide bonds. The van der Waals surface area contributed by atoms with E-state index in [0.717, 1.165) is 0 Å². The fraction of sp³-hybridized carbons (Fsp3) is 0.800. The number of esters is 2. The molecule has 0 bridgehead atoms. The zero-order valence-corrected chi connectivity index (χ0v) is 13.7. The third-order valence-electron chi connectivity index (χ3n) is 3.34. The topological polar surface area (TPSA) is 72.9 Å². The highest BCUT2D eigenvalue weighted by molar-refractivity contribution is 5.94. The van der Waals surface area contributed by atoms with Crippen LogP contribution in [0.5, 0.6) is 0 Å². The summed E-state index contributed by atoms with van der Waals surface area (Å²) < 4.78 is 9.66. The summed E-state index contributed by atoms with van der Waals surface area (Å²) in [6.07, 6.45) is 0.524. The van der Waals surface area contributed by atoms with Crippen molar-refractivity contribution in [2.24, 2.45) is 0 Å². The molecular weight excluding hydrogens is 274 g/mol. The third kappa shape index (κ3) is 7.11. The van der Waals surface area contributed by atoms with Crippen LogP contribution in [-0.4, -0.2) is 48.0 Å². The molecule has 0 spiro atoms. The summed E-state index contributed by atoms with van der Waals surface area (Å²) in [5, 5.41) is 0. The first-order valence-corrected chi connectivity index (χ1v) is 7.40. The Bertz CT molecular complexity index is 365. The Morgan fingerprint density at radius 2 is 1.48 bits per heavy atom. The van der Waals surface area contributed by atoms with E-state index >= 15 is 0 Å². The van der Waals surface area contributed by atoms with Crippen LogP contribution < -0.4 is 0 Å². The molecule has 0 N–H and O–H groups in total. The van der Waals surface area contributed by atoms with Crippen molar-refractivity contribution in [1.82, 2.24) is 4.90 Å². The van der Waals surface area contributed by atoms with Crippen LogP contribution >= 0.6 is 0 Å². The molecule has 0 rings (SSSR count). The largest absolute Gasteiger partial charge is 0.466 e. The quantitative estimate of drug-likeness (QED) is 0.480.